The summed E-state index contributed by atoms with van der Waals surface area (Å²) < 4.78 is 4.92. The quantitative estimate of drug-likeness (QED) is 0.785. The Morgan fingerprint density at radius 3 is 2.70 bits per heavy atom. The summed E-state index contributed by atoms with van der Waals surface area (Å²) in [5.41, 5.74) is 1.30. The number of rotatable bonds is 5. The molecule has 20 heavy (non-hydrogen) atoms. The second-order valence-electron chi connectivity index (χ2n) is 4.91. The summed E-state index contributed by atoms with van der Waals surface area (Å²) in [6.45, 7) is 3.91. The summed E-state index contributed by atoms with van der Waals surface area (Å²) >= 11 is 6.19. The van der Waals surface area contributed by atoms with E-state index in [4.69, 9.17) is 16.3 Å². The van der Waals surface area contributed by atoms with Gasteiger partial charge in [-0.15, -0.1) is 0 Å². The van der Waals surface area contributed by atoms with E-state index < -0.39 is 0 Å². The van der Waals surface area contributed by atoms with Gasteiger partial charge in [0.15, 0.2) is 0 Å². The number of hydrogen-bond donors (Lipinski definition) is 0. The maximum absolute atomic E-state index is 12.6. The van der Waals surface area contributed by atoms with E-state index in [1.807, 2.05) is 13.0 Å². The smallest absolute Gasteiger partial charge is 0.325 e. The molecule has 0 saturated heterocycles. The Labute approximate surface area is 123 Å². The Morgan fingerprint density at radius 1 is 1.40 bits per heavy atom. The Bertz CT molecular complexity index is 526. The van der Waals surface area contributed by atoms with E-state index in [-0.39, 0.29) is 24.5 Å². The normalized spacial score (nSPS) is 13.9. The summed E-state index contributed by atoms with van der Waals surface area (Å²) in [5.74, 6) is -0.578. The molecule has 0 radical (unpaired) electrons. The van der Waals surface area contributed by atoms with Crippen LogP contribution in [0, 0.1) is 6.92 Å². The van der Waals surface area contributed by atoms with E-state index in [1.165, 1.54) is 0 Å². The third-order valence-corrected chi connectivity index (χ3v) is 3.78. The molecule has 1 aliphatic rings. The minimum absolute atomic E-state index is 0.0123. The van der Waals surface area contributed by atoms with Crippen molar-refractivity contribution < 1.29 is 14.3 Å². The van der Waals surface area contributed by atoms with Crippen LogP contribution in [-0.2, 0) is 9.53 Å². The van der Waals surface area contributed by atoms with E-state index in [2.05, 4.69) is 0 Å². The molecule has 1 fully saturated rings. The first-order valence-corrected chi connectivity index (χ1v) is 7.14. The average molecular weight is 296 g/mol. The van der Waals surface area contributed by atoms with E-state index in [0.29, 0.717) is 17.2 Å². The van der Waals surface area contributed by atoms with Crippen LogP contribution in [0.15, 0.2) is 18.2 Å². The molecular formula is C15H18ClNO3. The third kappa shape index (κ3) is 3.31. The second-order valence-corrected chi connectivity index (χ2v) is 5.28. The number of hydrogen-bond acceptors (Lipinski definition) is 3. The highest BCUT2D eigenvalue weighted by Crippen LogP contribution is 2.30. The van der Waals surface area contributed by atoms with Crippen LogP contribution in [0.5, 0.6) is 0 Å². The van der Waals surface area contributed by atoms with Crippen LogP contribution in [-0.4, -0.2) is 36.0 Å². The number of nitrogens with zero attached hydrogens (tertiary/aromatic N) is 1. The first-order chi connectivity index (χ1) is 9.54. The van der Waals surface area contributed by atoms with E-state index in [9.17, 15) is 9.59 Å². The van der Waals surface area contributed by atoms with Gasteiger partial charge in [-0.1, -0.05) is 23.7 Å². The number of ether oxygens (including phenoxy) is 1. The van der Waals surface area contributed by atoms with E-state index in [1.54, 1.807) is 24.0 Å². The summed E-state index contributed by atoms with van der Waals surface area (Å²) in [4.78, 5) is 25.8. The zero-order valence-corrected chi connectivity index (χ0v) is 12.4. The van der Waals surface area contributed by atoms with Crippen LogP contribution in [0.2, 0.25) is 5.02 Å². The highest BCUT2D eigenvalue weighted by atomic mass is 35.5. The molecular weight excluding hydrogens is 278 g/mol. The van der Waals surface area contributed by atoms with Crippen molar-refractivity contribution in [1.82, 2.24) is 4.90 Å². The highest BCUT2D eigenvalue weighted by molar-refractivity contribution is 6.34. The van der Waals surface area contributed by atoms with Gasteiger partial charge in [-0.2, -0.15) is 0 Å². The fraction of sp³-hybridized carbons (Fsp3) is 0.467. The van der Waals surface area contributed by atoms with E-state index >= 15 is 0 Å². The van der Waals surface area contributed by atoms with Crippen molar-refractivity contribution in [2.75, 3.05) is 13.2 Å². The minimum atomic E-state index is -0.378. The molecule has 1 aromatic rings. The molecule has 0 N–H and O–H groups in total. The molecule has 0 atom stereocenters. The van der Waals surface area contributed by atoms with Crippen LogP contribution in [0.1, 0.15) is 35.7 Å². The van der Waals surface area contributed by atoms with Crippen molar-refractivity contribution in [2.24, 2.45) is 0 Å². The lowest BCUT2D eigenvalue weighted by atomic mass is 10.1. The fourth-order valence-electron chi connectivity index (χ4n) is 2.07. The molecule has 108 valence electrons. The second kappa shape index (κ2) is 6.27. The number of carbonyl (C=O) groups is 2. The lowest BCUT2D eigenvalue weighted by Crippen LogP contribution is -2.38. The van der Waals surface area contributed by atoms with Gasteiger partial charge >= 0.3 is 5.97 Å². The number of aryl methyl sites for hydroxylation is 1. The van der Waals surface area contributed by atoms with Gasteiger partial charge in [-0.3, -0.25) is 9.59 Å². The maximum Gasteiger partial charge on any atom is 0.325 e. The Morgan fingerprint density at radius 2 is 2.10 bits per heavy atom. The van der Waals surface area contributed by atoms with Crippen LogP contribution in [0.25, 0.3) is 0 Å². The van der Waals surface area contributed by atoms with Crippen molar-refractivity contribution in [3.63, 3.8) is 0 Å². The largest absolute Gasteiger partial charge is 0.465 e. The van der Waals surface area contributed by atoms with Crippen LogP contribution in [0.3, 0.4) is 0 Å². The molecule has 1 saturated carbocycles. The standard InChI is InChI=1S/C15H18ClNO3/c1-3-20-13(18)9-17(11-7-8-11)15(19)12-6-4-5-10(2)14(12)16/h4-6,11H,3,7-9H2,1-2H3. The molecule has 0 unspecified atom stereocenters. The Hall–Kier alpha value is -1.55. The summed E-state index contributed by atoms with van der Waals surface area (Å²) in [5, 5.41) is 0.451. The van der Waals surface area contributed by atoms with Gasteiger partial charge < -0.3 is 9.64 Å². The number of carbonyl (C=O) groups excluding carboxylic acids is 2. The predicted octanol–water partition coefficient (Wildman–Crippen LogP) is 2.82. The zero-order chi connectivity index (χ0) is 14.7. The Kier molecular flexibility index (Phi) is 4.65. The average Bonchev–Trinajstić information content (AvgIpc) is 3.23. The van der Waals surface area contributed by atoms with Crippen molar-refractivity contribution in [3.05, 3.63) is 34.3 Å². The molecule has 4 nitrogen and oxygen atoms in total. The van der Waals surface area contributed by atoms with Crippen molar-refractivity contribution in [3.8, 4) is 0 Å². The molecule has 2 rings (SSSR count). The maximum atomic E-state index is 12.6. The topological polar surface area (TPSA) is 46.6 Å². The fourth-order valence-corrected chi connectivity index (χ4v) is 2.27. The first kappa shape index (κ1) is 14.9. The molecule has 0 aromatic heterocycles. The van der Waals surface area contributed by atoms with Gasteiger partial charge in [0.1, 0.15) is 6.54 Å². The van der Waals surface area contributed by atoms with Crippen LogP contribution in [0.4, 0.5) is 0 Å². The minimum Gasteiger partial charge on any atom is -0.465 e. The van der Waals surface area contributed by atoms with Crippen LogP contribution >= 0.6 is 11.6 Å². The molecule has 0 aliphatic heterocycles. The van der Waals surface area contributed by atoms with E-state index in [0.717, 1.165) is 18.4 Å². The van der Waals surface area contributed by atoms with Gasteiger partial charge in [0, 0.05) is 6.04 Å². The zero-order valence-electron chi connectivity index (χ0n) is 11.7. The van der Waals surface area contributed by atoms with Gasteiger partial charge in [0.05, 0.1) is 17.2 Å². The molecule has 0 heterocycles. The number of halogens is 1. The predicted molar refractivity (Wildman–Crippen MR) is 76.9 cm³/mol. The molecule has 1 aromatic carbocycles. The highest BCUT2D eigenvalue weighted by Gasteiger charge is 2.35. The lowest BCUT2D eigenvalue weighted by molar-refractivity contribution is -0.144. The summed E-state index contributed by atoms with van der Waals surface area (Å²) in [6.07, 6.45) is 1.85. The van der Waals surface area contributed by atoms with Gasteiger partial charge in [0.2, 0.25) is 0 Å². The van der Waals surface area contributed by atoms with Gasteiger partial charge in [-0.25, -0.2) is 0 Å². The molecule has 0 bridgehead atoms. The van der Waals surface area contributed by atoms with Gasteiger partial charge in [-0.05, 0) is 38.3 Å². The number of benzene rings is 1. The van der Waals surface area contributed by atoms with Crippen molar-refractivity contribution >= 4 is 23.5 Å². The monoisotopic (exact) mass is 295 g/mol. The molecule has 5 heteroatoms. The molecule has 1 amide bonds. The molecule has 1 aliphatic carbocycles. The summed E-state index contributed by atoms with van der Waals surface area (Å²) in [6, 6.07) is 5.47. The number of esters is 1. The van der Waals surface area contributed by atoms with Gasteiger partial charge in [0.25, 0.3) is 5.91 Å². The lowest BCUT2D eigenvalue weighted by Gasteiger charge is -2.22. The Balaban J connectivity index is 2.19. The third-order valence-electron chi connectivity index (χ3n) is 3.28. The van der Waals surface area contributed by atoms with Crippen molar-refractivity contribution in [2.45, 2.75) is 32.7 Å². The van der Waals surface area contributed by atoms with Crippen molar-refractivity contribution in [1.29, 1.82) is 0 Å². The number of amides is 1. The first-order valence-electron chi connectivity index (χ1n) is 6.76. The van der Waals surface area contributed by atoms with Crippen LogP contribution < -0.4 is 0 Å². The summed E-state index contributed by atoms with van der Waals surface area (Å²) in [7, 11) is 0. The molecule has 0 spiro atoms. The SMILES string of the molecule is CCOC(=O)CN(C(=O)c1cccc(C)c1Cl)C1CC1.